The average Bonchev–Trinajstić information content (AvgIpc) is 3.37. The van der Waals surface area contributed by atoms with Crippen molar-refractivity contribution in [1.82, 2.24) is 25.5 Å². The lowest BCUT2D eigenvalue weighted by atomic mass is 10.0. The molecular weight excluding hydrogens is 662 g/mol. The van der Waals surface area contributed by atoms with Crippen LogP contribution in [0.25, 0.3) is 21.6 Å². The second-order valence-electron chi connectivity index (χ2n) is 14.0. The van der Waals surface area contributed by atoms with E-state index in [0.29, 0.717) is 35.3 Å². The van der Waals surface area contributed by atoms with E-state index < -0.39 is 53.2 Å². The number of carboxylic acid groups (broad SMARTS) is 1. The summed E-state index contributed by atoms with van der Waals surface area (Å²) in [5.41, 5.74) is -0.548. The van der Waals surface area contributed by atoms with Crippen LogP contribution in [0.3, 0.4) is 0 Å². The standard InChI is InChI=1S/C36H43N5O8S/c1-35(2,3)49-34(46)39-25-12-9-7-5-6-8-11-21-19-36(21,33(44)45)40-30(42)27-18-23(20-41(27)32(25)43)48-31-29(28-13-10-16-50-28)37-24-15-14-22(47-4)17-26(24)38-31/h8,10-11,13-17,21,23,25,27H,5-7,9,12,18-20H2,1-4H3,(H,39,46)(H,40,42)(H,44,45)/b11-8-/t21?,23-,25-,27?,36?/m1/s1. The molecule has 4 heterocycles. The van der Waals surface area contributed by atoms with Crippen molar-refractivity contribution in [2.75, 3.05) is 13.7 Å². The third-order valence-corrected chi connectivity index (χ3v) is 10.1. The van der Waals surface area contributed by atoms with E-state index in [1.165, 1.54) is 16.2 Å². The summed E-state index contributed by atoms with van der Waals surface area (Å²) in [5.74, 6) is -1.72. The number of nitrogens with zero attached hydrogens (tertiary/aromatic N) is 3. The highest BCUT2D eigenvalue weighted by atomic mass is 32.1. The van der Waals surface area contributed by atoms with E-state index in [9.17, 15) is 24.3 Å². The fourth-order valence-corrected chi connectivity index (χ4v) is 7.26. The van der Waals surface area contributed by atoms with Gasteiger partial charge in [0.05, 0.1) is 29.6 Å². The lowest BCUT2D eigenvalue weighted by Crippen LogP contribution is -2.56. The summed E-state index contributed by atoms with van der Waals surface area (Å²) >= 11 is 1.47. The molecule has 3 aromatic rings. The molecule has 3 N–H and O–H groups in total. The summed E-state index contributed by atoms with van der Waals surface area (Å²) in [5, 5.41) is 17.6. The van der Waals surface area contributed by atoms with Crippen molar-refractivity contribution in [3.63, 3.8) is 0 Å². The van der Waals surface area contributed by atoms with Crippen molar-refractivity contribution < 1.29 is 38.5 Å². The Morgan fingerprint density at radius 1 is 1.12 bits per heavy atom. The summed E-state index contributed by atoms with van der Waals surface area (Å²) in [6.07, 6.45) is 6.04. The number of hydrogen-bond donors (Lipinski definition) is 3. The number of carbonyl (C=O) groups excluding carboxylic acids is 3. The topological polar surface area (TPSA) is 169 Å². The summed E-state index contributed by atoms with van der Waals surface area (Å²) in [6, 6.07) is 7.13. The van der Waals surface area contributed by atoms with E-state index in [2.05, 4.69) is 10.6 Å². The van der Waals surface area contributed by atoms with Crippen LogP contribution >= 0.6 is 11.3 Å². The number of alkyl carbamates (subject to hydrolysis) is 1. The van der Waals surface area contributed by atoms with Crippen LogP contribution in [0, 0.1) is 5.92 Å². The fraction of sp³-hybridized carbons (Fsp3) is 0.500. The van der Waals surface area contributed by atoms with Gasteiger partial charge in [0, 0.05) is 18.4 Å². The zero-order valence-electron chi connectivity index (χ0n) is 28.6. The van der Waals surface area contributed by atoms with Gasteiger partial charge in [-0.3, -0.25) is 9.59 Å². The summed E-state index contributed by atoms with van der Waals surface area (Å²) in [4.78, 5) is 65.7. The van der Waals surface area contributed by atoms with Gasteiger partial charge in [0.15, 0.2) is 0 Å². The molecule has 14 heteroatoms. The number of rotatable bonds is 6. The lowest BCUT2D eigenvalue weighted by Gasteiger charge is -2.30. The van der Waals surface area contributed by atoms with Crippen LogP contribution in [0.1, 0.15) is 65.7 Å². The quantitative estimate of drug-likeness (QED) is 0.294. The van der Waals surface area contributed by atoms with E-state index in [4.69, 9.17) is 24.2 Å². The molecule has 1 saturated carbocycles. The van der Waals surface area contributed by atoms with Crippen molar-refractivity contribution >= 4 is 46.2 Å². The molecule has 3 unspecified atom stereocenters. The average molecular weight is 706 g/mol. The van der Waals surface area contributed by atoms with Crippen LogP contribution in [-0.4, -0.2) is 86.8 Å². The van der Waals surface area contributed by atoms with E-state index in [1.54, 1.807) is 40.0 Å². The first-order chi connectivity index (χ1) is 23.9. The molecule has 1 saturated heterocycles. The molecule has 1 aliphatic carbocycles. The summed E-state index contributed by atoms with van der Waals surface area (Å²) in [6.45, 7) is 5.21. The Balaban J connectivity index is 1.34. The van der Waals surface area contributed by atoms with Crippen LogP contribution in [0.2, 0.25) is 0 Å². The minimum atomic E-state index is -1.45. The molecule has 0 bridgehead atoms. The number of fused-ring (bicyclic) bond motifs is 3. The number of benzene rings is 1. The highest BCUT2D eigenvalue weighted by Crippen LogP contribution is 2.45. The van der Waals surface area contributed by atoms with Crippen LogP contribution in [0.5, 0.6) is 11.6 Å². The first-order valence-corrected chi connectivity index (χ1v) is 17.8. The molecule has 3 aliphatic rings. The first-order valence-electron chi connectivity index (χ1n) is 17.0. The van der Waals surface area contributed by atoms with E-state index in [-0.39, 0.29) is 31.2 Å². The highest BCUT2D eigenvalue weighted by molar-refractivity contribution is 7.13. The molecule has 2 fully saturated rings. The number of amides is 3. The molecule has 6 rings (SSSR count). The number of ether oxygens (including phenoxy) is 3. The Kier molecular flexibility index (Phi) is 10.0. The van der Waals surface area contributed by atoms with Gasteiger partial charge in [0.1, 0.15) is 40.8 Å². The van der Waals surface area contributed by atoms with E-state index >= 15 is 0 Å². The number of methoxy groups -OCH3 is 1. The molecule has 2 aromatic heterocycles. The maximum absolute atomic E-state index is 14.4. The SMILES string of the molecule is COc1ccc2nc(-c3cccs3)c(O[C@@H]3CC4C(=O)NC5(C(=O)O)CC5/C=C\CCCCC[C@@H](NC(=O)OC(C)(C)C)C(=O)N4C3)nc2c1. The predicted molar refractivity (Wildman–Crippen MR) is 186 cm³/mol. The third-order valence-electron chi connectivity index (χ3n) is 9.18. The van der Waals surface area contributed by atoms with Crippen LogP contribution in [0.4, 0.5) is 4.79 Å². The minimum absolute atomic E-state index is 0.00543. The van der Waals surface area contributed by atoms with Crippen molar-refractivity contribution in [3.05, 3.63) is 47.9 Å². The first kappa shape index (κ1) is 35.1. The molecule has 50 heavy (non-hydrogen) atoms. The molecule has 1 aromatic carbocycles. The van der Waals surface area contributed by atoms with E-state index in [1.807, 2.05) is 35.7 Å². The largest absolute Gasteiger partial charge is 0.497 e. The number of aliphatic carboxylic acids is 1. The van der Waals surface area contributed by atoms with Gasteiger partial charge in [-0.15, -0.1) is 11.3 Å². The molecule has 0 spiro atoms. The second kappa shape index (κ2) is 14.3. The lowest BCUT2D eigenvalue weighted by molar-refractivity contribution is -0.145. The highest BCUT2D eigenvalue weighted by Gasteiger charge is 2.61. The summed E-state index contributed by atoms with van der Waals surface area (Å²) < 4.78 is 17.4. The van der Waals surface area contributed by atoms with Crippen molar-refractivity contribution in [3.8, 4) is 22.2 Å². The van der Waals surface area contributed by atoms with Gasteiger partial charge in [0.2, 0.25) is 17.7 Å². The van der Waals surface area contributed by atoms with Gasteiger partial charge >= 0.3 is 12.1 Å². The van der Waals surface area contributed by atoms with Crippen molar-refractivity contribution in [2.24, 2.45) is 5.92 Å². The van der Waals surface area contributed by atoms with Crippen LogP contribution < -0.4 is 20.1 Å². The zero-order valence-corrected chi connectivity index (χ0v) is 29.5. The van der Waals surface area contributed by atoms with Gasteiger partial charge in [-0.2, -0.15) is 0 Å². The third kappa shape index (κ3) is 7.69. The van der Waals surface area contributed by atoms with E-state index in [0.717, 1.165) is 24.1 Å². The molecule has 5 atom stereocenters. The number of carbonyl (C=O) groups is 4. The fourth-order valence-electron chi connectivity index (χ4n) is 6.56. The predicted octanol–water partition coefficient (Wildman–Crippen LogP) is 5.09. The molecule has 13 nitrogen and oxygen atoms in total. The minimum Gasteiger partial charge on any atom is -0.497 e. The van der Waals surface area contributed by atoms with Crippen molar-refractivity contribution in [1.29, 1.82) is 0 Å². The number of aromatic nitrogens is 2. The number of allylic oxidation sites excluding steroid dienone is 1. The second-order valence-corrected chi connectivity index (χ2v) is 15.0. The van der Waals surface area contributed by atoms with Gasteiger partial charge in [0.25, 0.3) is 0 Å². The Morgan fingerprint density at radius 3 is 2.66 bits per heavy atom. The van der Waals surface area contributed by atoms with Gasteiger partial charge in [-0.05, 0) is 70.0 Å². The van der Waals surface area contributed by atoms with Gasteiger partial charge in [-0.1, -0.05) is 31.1 Å². The Morgan fingerprint density at radius 2 is 1.94 bits per heavy atom. The number of hydrogen-bond acceptors (Lipinski definition) is 10. The van der Waals surface area contributed by atoms with Crippen molar-refractivity contribution in [2.45, 2.75) is 95.0 Å². The van der Waals surface area contributed by atoms with Crippen LogP contribution in [0.15, 0.2) is 47.9 Å². The molecule has 0 radical (unpaired) electrons. The molecule has 266 valence electrons. The smallest absolute Gasteiger partial charge is 0.408 e. The zero-order chi connectivity index (χ0) is 35.6. The Labute approximate surface area is 294 Å². The van der Waals surface area contributed by atoms with Gasteiger partial charge in [-0.25, -0.2) is 19.6 Å². The molecule has 3 amide bonds. The normalized spacial score (nSPS) is 26.4. The Hall–Kier alpha value is -4.72. The maximum atomic E-state index is 14.4. The van der Waals surface area contributed by atoms with Gasteiger partial charge < -0.3 is 34.9 Å². The maximum Gasteiger partial charge on any atom is 0.408 e. The molecular formula is C36H43N5O8S. The molecule has 2 aliphatic heterocycles. The summed E-state index contributed by atoms with van der Waals surface area (Å²) in [7, 11) is 1.56. The number of carboxylic acids is 1. The van der Waals surface area contributed by atoms with Crippen LogP contribution in [-0.2, 0) is 19.1 Å². The monoisotopic (exact) mass is 705 g/mol. The number of nitrogens with one attached hydrogen (secondary N) is 2. The Bertz CT molecular complexity index is 1790. The number of thiophene rings is 1.